The van der Waals surface area contributed by atoms with Gasteiger partial charge in [0.15, 0.2) is 11.5 Å². The molecule has 1 fully saturated rings. The Morgan fingerprint density at radius 3 is 2.71 bits per heavy atom. The van der Waals surface area contributed by atoms with Crippen LogP contribution in [-0.4, -0.2) is 44.8 Å². The first kappa shape index (κ1) is 16.1. The predicted molar refractivity (Wildman–Crippen MR) is 86.1 cm³/mol. The third-order valence-electron chi connectivity index (χ3n) is 4.49. The first-order chi connectivity index (χ1) is 10.2. The lowest BCUT2D eigenvalue weighted by Crippen LogP contribution is -2.44. The van der Waals surface area contributed by atoms with E-state index in [2.05, 4.69) is 24.0 Å². The standard InChI is InChI=1S/C17H28N2O2/c1-13(19-8-4-5-15(11-18)12-19)9-14-6-7-16(20-2)17(10-14)21-3/h6-7,10,13,15H,4-5,8-9,11-12,18H2,1-3H3. The van der Waals surface area contributed by atoms with Crippen LogP contribution >= 0.6 is 0 Å². The molecule has 0 aromatic heterocycles. The van der Waals surface area contributed by atoms with Crippen molar-refractivity contribution in [2.24, 2.45) is 11.7 Å². The zero-order chi connectivity index (χ0) is 15.2. The highest BCUT2D eigenvalue weighted by Crippen LogP contribution is 2.28. The highest BCUT2D eigenvalue weighted by Gasteiger charge is 2.22. The molecule has 1 aromatic rings. The molecular formula is C17H28N2O2. The summed E-state index contributed by atoms with van der Waals surface area (Å²) in [5.41, 5.74) is 7.12. The van der Waals surface area contributed by atoms with Gasteiger partial charge in [0.25, 0.3) is 0 Å². The molecule has 0 radical (unpaired) electrons. The van der Waals surface area contributed by atoms with Crippen LogP contribution in [0.4, 0.5) is 0 Å². The third kappa shape index (κ3) is 4.11. The normalized spacial score (nSPS) is 21.0. The molecule has 21 heavy (non-hydrogen) atoms. The van der Waals surface area contributed by atoms with Crippen molar-refractivity contribution in [3.8, 4) is 11.5 Å². The van der Waals surface area contributed by atoms with Crippen LogP contribution < -0.4 is 15.2 Å². The number of methoxy groups -OCH3 is 2. The van der Waals surface area contributed by atoms with Crippen LogP contribution in [0.5, 0.6) is 11.5 Å². The molecule has 0 amide bonds. The van der Waals surface area contributed by atoms with Crippen molar-refractivity contribution >= 4 is 0 Å². The molecule has 4 heteroatoms. The molecule has 0 aliphatic carbocycles. The molecule has 1 saturated heterocycles. The summed E-state index contributed by atoms with van der Waals surface area (Å²) in [5.74, 6) is 2.25. The first-order valence-corrected chi connectivity index (χ1v) is 7.83. The molecule has 0 bridgehead atoms. The maximum Gasteiger partial charge on any atom is 0.160 e. The van der Waals surface area contributed by atoms with E-state index >= 15 is 0 Å². The summed E-state index contributed by atoms with van der Waals surface area (Å²) in [4.78, 5) is 2.57. The average Bonchev–Trinajstić information content (AvgIpc) is 2.54. The second-order valence-corrected chi connectivity index (χ2v) is 5.98. The number of hydrogen-bond acceptors (Lipinski definition) is 4. The van der Waals surface area contributed by atoms with Crippen LogP contribution in [-0.2, 0) is 6.42 Å². The van der Waals surface area contributed by atoms with Crippen molar-refractivity contribution in [1.29, 1.82) is 0 Å². The van der Waals surface area contributed by atoms with Gasteiger partial charge < -0.3 is 20.1 Å². The summed E-state index contributed by atoms with van der Waals surface area (Å²) in [6.45, 7) is 5.42. The van der Waals surface area contributed by atoms with Crippen molar-refractivity contribution in [2.45, 2.75) is 32.2 Å². The van der Waals surface area contributed by atoms with E-state index in [0.29, 0.717) is 12.0 Å². The van der Waals surface area contributed by atoms with Crippen LogP contribution in [0.1, 0.15) is 25.3 Å². The highest BCUT2D eigenvalue weighted by atomic mass is 16.5. The van der Waals surface area contributed by atoms with Crippen LogP contribution in [0.15, 0.2) is 18.2 Å². The van der Waals surface area contributed by atoms with E-state index in [1.165, 1.54) is 24.9 Å². The number of hydrogen-bond donors (Lipinski definition) is 1. The maximum atomic E-state index is 5.83. The number of likely N-dealkylation sites (tertiary alicyclic amines) is 1. The van der Waals surface area contributed by atoms with Gasteiger partial charge in [-0.25, -0.2) is 0 Å². The highest BCUT2D eigenvalue weighted by molar-refractivity contribution is 5.43. The van der Waals surface area contributed by atoms with Crippen LogP contribution in [0.2, 0.25) is 0 Å². The smallest absolute Gasteiger partial charge is 0.160 e. The monoisotopic (exact) mass is 292 g/mol. The molecule has 1 aliphatic rings. The zero-order valence-electron chi connectivity index (χ0n) is 13.5. The van der Waals surface area contributed by atoms with Gasteiger partial charge in [-0.2, -0.15) is 0 Å². The van der Waals surface area contributed by atoms with Crippen molar-refractivity contribution in [2.75, 3.05) is 33.9 Å². The lowest BCUT2D eigenvalue weighted by atomic mass is 9.95. The van der Waals surface area contributed by atoms with E-state index in [1.54, 1.807) is 14.2 Å². The maximum absolute atomic E-state index is 5.83. The van der Waals surface area contributed by atoms with E-state index in [1.807, 2.05) is 6.07 Å². The fraction of sp³-hybridized carbons (Fsp3) is 0.647. The van der Waals surface area contributed by atoms with Gasteiger partial charge in [-0.3, -0.25) is 0 Å². The second kappa shape index (κ2) is 7.66. The van der Waals surface area contributed by atoms with Crippen molar-refractivity contribution in [3.05, 3.63) is 23.8 Å². The molecule has 4 nitrogen and oxygen atoms in total. The number of rotatable bonds is 6. The Morgan fingerprint density at radius 1 is 1.29 bits per heavy atom. The number of nitrogens with two attached hydrogens (primary N) is 1. The van der Waals surface area contributed by atoms with E-state index in [4.69, 9.17) is 15.2 Å². The van der Waals surface area contributed by atoms with Crippen molar-refractivity contribution in [1.82, 2.24) is 4.90 Å². The van der Waals surface area contributed by atoms with Crippen LogP contribution in [0.25, 0.3) is 0 Å². The van der Waals surface area contributed by atoms with Gasteiger partial charge in [-0.1, -0.05) is 6.07 Å². The van der Waals surface area contributed by atoms with Gasteiger partial charge in [0, 0.05) is 12.6 Å². The molecule has 1 aliphatic heterocycles. The van der Waals surface area contributed by atoms with E-state index in [0.717, 1.165) is 31.0 Å². The van der Waals surface area contributed by atoms with E-state index in [9.17, 15) is 0 Å². The molecule has 118 valence electrons. The fourth-order valence-electron chi connectivity index (χ4n) is 3.17. The predicted octanol–water partition coefficient (Wildman–Crippen LogP) is 2.31. The van der Waals surface area contributed by atoms with Crippen molar-refractivity contribution < 1.29 is 9.47 Å². The Bertz CT molecular complexity index is 450. The third-order valence-corrected chi connectivity index (χ3v) is 4.49. The Hall–Kier alpha value is -1.26. The molecule has 2 atom stereocenters. The summed E-state index contributed by atoms with van der Waals surface area (Å²) in [7, 11) is 3.35. The fourth-order valence-corrected chi connectivity index (χ4v) is 3.17. The minimum atomic E-state index is 0.525. The summed E-state index contributed by atoms with van der Waals surface area (Å²) in [5, 5.41) is 0. The number of nitrogens with zero attached hydrogens (tertiary/aromatic N) is 1. The summed E-state index contributed by atoms with van der Waals surface area (Å²) >= 11 is 0. The molecule has 0 spiro atoms. The molecular weight excluding hydrogens is 264 g/mol. The Morgan fingerprint density at radius 2 is 2.05 bits per heavy atom. The molecule has 2 rings (SSSR count). The minimum absolute atomic E-state index is 0.525. The SMILES string of the molecule is COc1ccc(CC(C)N2CCCC(CN)C2)cc1OC. The summed E-state index contributed by atoms with van der Waals surface area (Å²) < 4.78 is 10.7. The summed E-state index contributed by atoms with van der Waals surface area (Å²) in [6, 6.07) is 6.72. The largest absolute Gasteiger partial charge is 0.493 e. The van der Waals surface area contributed by atoms with Gasteiger partial charge in [0.05, 0.1) is 14.2 Å². The van der Waals surface area contributed by atoms with Gasteiger partial charge in [-0.15, -0.1) is 0 Å². The van der Waals surface area contributed by atoms with Gasteiger partial charge in [0.2, 0.25) is 0 Å². The first-order valence-electron chi connectivity index (χ1n) is 7.83. The molecule has 1 aromatic carbocycles. The minimum Gasteiger partial charge on any atom is -0.493 e. The molecule has 1 heterocycles. The number of ether oxygens (including phenoxy) is 2. The Kier molecular flexibility index (Phi) is 5.88. The topological polar surface area (TPSA) is 47.7 Å². The van der Waals surface area contributed by atoms with E-state index in [-0.39, 0.29) is 0 Å². The summed E-state index contributed by atoms with van der Waals surface area (Å²) in [6.07, 6.45) is 3.56. The van der Waals surface area contributed by atoms with Gasteiger partial charge in [-0.05, 0) is 62.9 Å². The van der Waals surface area contributed by atoms with Crippen molar-refractivity contribution in [3.63, 3.8) is 0 Å². The molecule has 2 N–H and O–H groups in total. The lowest BCUT2D eigenvalue weighted by Gasteiger charge is -2.36. The molecule has 0 saturated carbocycles. The van der Waals surface area contributed by atoms with Gasteiger partial charge >= 0.3 is 0 Å². The average molecular weight is 292 g/mol. The Balaban J connectivity index is 2.00. The van der Waals surface area contributed by atoms with Crippen LogP contribution in [0.3, 0.4) is 0 Å². The van der Waals surface area contributed by atoms with Crippen LogP contribution in [0, 0.1) is 5.92 Å². The molecule has 2 unspecified atom stereocenters. The quantitative estimate of drug-likeness (QED) is 0.874. The zero-order valence-corrected chi connectivity index (χ0v) is 13.5. The number of benzene rings is 1. The van der Waals surface area contributed by atoms with E-state index < -0.39 is 0 Å². The Labute approximate surface area is 128 Å². The van der Waals surface area contributed by atoms with Gasteiger partial charge in [0.1, 0.15) is 0 Å². The second-order valence-electron chi connectivity index (χ2n) is 5.98. The lowest BCUT2D eigenvalue weighted by molar-refractivity contribution is 0.134. The number of piperidine rings is 1.